The van der Waals surface area contributed by atoms with Crippen molar-refractivity contribution in [2.45, 2.75) is 32.7 Å². The van der Waals surface area contributed by atoms with E-state index in [0.29, 0.717) is 18.6 Å². The van der Waals surface area contributed by atoms with Crippen molar-refractivity contribution in [2.75, 3.05) is 20.0 Å². The Morgan fingerprint density at radius 2 is 1.97 bits per heavy atom. The minimum Gasteiger partial charge on any atom is -0.356 e. The highest BCUT2D eigenvalue weighted by atomic mass is 16.7. The Kier molecular flexibility index (Phi) is 9.93. The molecule has 0 fully saturated rings. The quantitative estimate of drug-likeness (QED) is 0.212. The van der Waals surface area contributed by atoms with E-state index in [9.17, 15) is 14.8 Å². The molecule has 0 saturated heterocycles. The van der Waals surface area contributed by atoms with Crippen molar-refractivity contribution in [3.8, 4) is 0 Å². The minimum absolute atomic E-state index is 0.0900. The van der Waals surface area contributed by atoms with E-state index in [2.05, 4.69) is 10.3 Å². The molecule has 1 aromatic heterocycles. The molecule has 0 aliphatic carbocycles. The van der Waals surface area contributed by atoms with Gasteiger partial charge in [0.2, 0.25) is 5.91 Å². The van der Waals surface area contributed by atoms with Crippen LogP contribution in [0.4, 0.5) is 0 Å². The third-order valence-corrected chi connectivity index (χ3v) is 4.67. The summed E-state index contributed by atoms with van der Waals surface area (Å²) in [5, 5.41) is 12.1. The number of rotatable bonds is 12. The Morgan fingerprint density at radius 3 is 2.63 bits per heavy atom. The summed E-state index contributed by atoms with van der Waals surface area (Å²) >= 11 is 0. The third-order valence-electron chi connectivity index (χ3n) is 4.67. The fraction of sp³-hybridized carbons (Fsp3) is 0.409. The summed E-state index contributed by atoms with van der Waals surface area (Å²) < 4.78 is 10.7. The molecule has 0 bridgehead atoms. The molecule has 0 saturated carbocycles. The minimum atomic E-state index is -0.586. The van der Waals surface area contributed by atoms with E-state index in [1.54, 1.807) is 36.1 Å². The first-order valence-corrected chi connectivity index (χ1v) is 9.90. The van der Waals surface area contributed by atoms with E-state index in [-0.39, 0.29) is 25.7 Å². The molecular weight excluding hydrogens is 386 g/mol. The number of ether oxygens (including phenoxy) is 2. The van der Waals surface area contributed by atoms with Crippen LogP contribution >= 0.6 is 0 Å². The lowest BCUT2D eigenvalue weighted by atomic mass is 9.92. The second-order valence-corrected chi connectivity index (χ2v) is 6.94. The number of nitrogens with zero attached hydrogens (tertiary/aromatic N) is 1. The molecule has 8 nitrogen and oxygen atoms in total. The summed E-state index contributed by atoms with van der Waals surface area (Å²) in [6.07, 6.45) is 3.95. The second-order valence-electron chi connectivity index (χ2n) is 6.94. The average molecular weight is 415 g/mol. The predicted octanol–water partition coefficient (Wildman–Crippen LogP) is 2.25. The topological polar surface area (TPSA) is 110 Å². The smallest absolute Gasteiger partial charge is 0.251 e. The van der Waals surface area contributed by atoms with E-state index in [1.807, 2.05) is 32.0 Å². The molecule has 2 rings (SSSR count). The van der Waals surface area contributed by atoms with Crippen molar-refractivity contribution < 1.29 is 24.3 Å². The lowest BCUT2D eigenvalue weighted by Gasteiger charge is -2.24. The van der Waals surface area contributed by atoms with Gasteiger partial charge in [-0.3, -0.25) is 19.8 Å². The normalized spacial score (nSPS) is 12.8. The molecule has 2 amide bonds. The van der Waals surface area contributed by atoms with Crippen LogP contribution in [0.1, 0.15) is 34.8 Å². The zero-order valence-electron chi connectivity index (χ0n) is 17.3. The van der Waals surface area contributed by atoms with Gasteiger partial charge in [-0.25, -0.2) is 5.48 Å². The van der Waals surface area contributed by atoms with Crippen LogP contribution in [0, 0.1) is 12.8 Å². The van der Waals surface area contributed by atoms with Gasteiger partial charge in [0.05, 0.1) is 12.6 Å². The zero-order chi connectivity index (χ0) is 21.8. The molecule has 0 aliphatic rings. The van der Waals surface area contributed by atoms with Gasteiger partial charge in [0.15, 0.2) is 0 Å². The molecule has 3 N–H and O–H groups in total. The SMILES string of the molecule is CCOCOC[C@H](C[C@H](Cc1cccnc1)C(=O)NO)NC(=O)c1ccccc1C. The van der Waals surface area contributed by atoms with Gasteiger partial charge in [0.25, 0.3) is 5.91 Å². The molecule has 2 aromatic rings. The molecule has 0 aliphatic heterocycles. The number of amides is 2. The predicted molar refractivity (Wildman–Crippen MR) is 111 cm³/mol. The molecular formula is C22H29N3O5. The first kappa shape index (κ1) is 23.5. The summed E-state index contributed by atoms with van der Waals surface area (Å²) in [5.41, 5.74) is 3.98. The van der Waals surface area contributed by atoms with Crippen molar-refractivity contribution in [1.29, 1.82) is 0 Å². The Balaban J connectivity index is 2.13. The summed E-state index contributed by atoms with van der Waals surface area (Å²) in [6, 6.07) is 10.5. The highest BCUT2D eigenvalue weighted by molar-refractivity contribution is 5.95. The van der Waals surface area contributed by atoms with Crippen LogP contribution in [0.2, 0.25) is 0 Å². The van der Waals surface area contributed by atoms with E-state index >= 15 is 0 Å². The lowest BCUT2D eigenvalue weighted by Crippen LogP contribution is -2.43. The van der Waals surface area contributed by atoms with Crippen LogP contribution in [0.15, 0.2) is 48.8 Å². The van der Waals surface area contributed by atoms with Gasteiger partial charge >= 0.3 is 0 Å². The zero-order valence-corrected chi connectivity index (χ0v) is 17.3. The van der Waals surface area contributed by atoms with E-state index in [0.717, 1.165) is 11.1 Å². The Morgan fingerprint density at radius 1 is 1.17 bits per heavy atom. The Hall–Kier alpha value is -2.81. The number of pyridine rings is 1. The van der Waals surface area contributed by atoms with Gasteiger partial charge in [0.1, 0.15) is 6.79 Å². The summed E-state index contributed by atoms with van der Waals surface area (Å²) in [4.78, 5) is 29.1. The highest BCUT2D eigenvalue weighted by Crippen LogP contribution is 2.16. The summed E-state index contributed by atoms with van der Waals surface area (Å²) in [6.45, 7) is 4.49. The van der Waals surface area contributed by atoms with Gasteiger partial charge in [-0.1, -0.05) is 24.3 Å². The molecule has 1 heterocycles. The number of benzene rings is 1. The average Bonchev–Trinajstić information content (AvgIpc) is 2.76. The highest BCUT2D eigenvalue weighted by Gasteiger charge is 2.25. The molecule has 30 heavy (non-hydrogen) atoms. The number of carbonyl (C=O) groups is 2. The third kappa shape index (κ3) is 7.55. The van der Waals surface area contributed by atoms with Crippen molar-refractivity contribution in [3.05, 3.63) is 65.5 Å². The van der Waals surface area contributed by atoms with Gasteiger partial charge in [-0.05, 0) is 49.9 Å². The largest absolute Gasteiger partial charge is 0.356 e. The van der Waals surface area contributed by atoms with Crippen LogP contribution in [-0.2, 0) is 20.7 Å². The maximum Gasteiger partial charge on any atom is 0.251 e. The fourth-order valence-electron chi connectivity index (χ4n) is 3.11. The standard InChI is InChI=1S/C22H29N3O5/c1-3-29-15-30-14-19(24-22(27)20-9-5-4-7-16(20)2)12-18(21(26)25-28)11-17-8-6-10-23-13-17/h4-10,13,18-19,28H,3,11-12,14-15H2,1-2H3,(H,24,27)(H,25,26)/t18-,19-/m0/s1. The number of carbonyl (C=O) groups excluding carboxylic acids is 2. The number of aromatic nitrogens is 1. The Bertz CT molecular complexity index is 800. The molecule has 0 unspecified atom stereocenters. The molecule has 2 atom stereocenters. The first-order chi connectivity index (χ1) is 14.5. The van der Waals surface area contributed by atoms with E-state index < -0.39 is 17.9 Å². The number of nitrogens with one attached hydrogen (secondary N) is 2. The van der Waals surface area contributed by atoms with Crippen LogP contribution in [0.25, 0.3) is 0 Å². The van der Waals surface area contributed by atoms with E-state index in [1.165, 1.54) is 0 Å². The molecule has 8 heteroatoms. The summed E-state index contributed by atoms with van der Waals surface area (Å²) in [7, 11) is 0. The molecule has 162 valence electrons. The number of hydroxylamine groups is 1. The van der Waals surface area contributed by atoms with Crippen molar-refractivity contribution in [2.24, 2.45) is 5.92 Å². The monoisotopic (exact) mass is 415 g/mol. The second kappa shape index (κ2) is 12.7. The number of hydrogen-bond acceptors (Lipinski definition) is 6. The van der Waals surface area contributed by atoms with Crippen LogP contribution < -0.4 is 10.8 Å². The van der Waals surface area contributed by atoms with Crippen molar-refractivity contribution in [3.63, 3.8) is 0 Å². The lowest BCUT2D eigenvalue weighted by molar-refractivity contribution is -0.134. The van der Waals surface area contributed by atoms with Crippen molar-refractivity contribution >= 4 is 11.8 Å². The van der Waals surface area contributed by atoms with Gasteiger partial charge in [-0.15, -0.1) is 0 Å². The molecule has 0 radical (unpaired) electrons. The number of aryl methyl sites for hydroxylation is 1. The van der Waals surface area contributed by atoms with Crippen LogP contribution in [0.3, 0.4) is 0 Å². The summed E-state index contributed by atoms with van der Waals surface area (Å²) in [5.74, 6) is -1.36. The van der Waals surface area contributed by atoms with Crippen LogP contribution in [-0.4, -0.2) is 48.1 Å². The maximum atomic E-state index is 12.8. The number of hydrogen-bond donors (Lipinski definition) is 3. The van der Waals surface area contributed by atoms with E-state index in [4.69, 9.17) is 9.47 Å². The van der Waals surface area contributed by atoms with Gasteiger partial charge in [0, 0.05) is 30.5 Å². The molecule has 1 aromatic carbocycles. The maximum absolute atomic E-state index is 12.8. The molecule has 0 spiro atoms. The van der Waals surface area contributed by atoms with Crippen LogP contribution in [0.5, 0.6) is 0 Å². The van der Waals surface area contributed by atoms with Gasteiger partial charge < -0.3 is 14.8 Å². The van der Waals surface area contributed by atoms with Crippen molar-refractivity contribution in [1.82, 2.24) is 15.8 Å². The fourth-order valence-corrected chi connectivity index (χ4v) is 3.11. The Labute approximate surface area is 176 Å². The van der Waals surface area contributed by atoms with Gasteiger partial charge in [-0.2, -0.15) is 0 Å². The first-order valence-electron chi connectivity index (χ1n) is 9.90.